The summed E-state index contributed by atoms with van der Waals surface area (Å²) in [4.78, 5) is 41.0. The van der Waals surface area contributed by atoms with Gasteiger partial charge in [-0.2, -0.15) is 0 Å². The fourth-order valence-electron chi connectivity index (χ4n) is 3.99. The number of likely N-dealkylation sites (tertiary alicyclic amines) is 1. The molecule has 0 saturated carbocycles. The second-order valence-corrected chi connectivity index (χ2v) is 7.84. The largest absolute Gasteiger partial charge is 0.490 e. The summed E-state index contributed by atoms with van der Waals surface area (Å²) in [5, 5.41) is 2.85. The van der Waals surface area contributed by atoms with Gasteiger partial charge >= 0.3 is 0 Å². The van der Waals surface area contributed by atoms with Gasteiger partial charge in [0.25, 0.3) is 5.91 Å². The number of benzene rings is 2. The fraction of sp³-hybridized carbons (Fsp3) is 0.375. The molecule has 0 spiro atoms. The van der Waals surface area contributed by atoms with Gasteiger partial charge in [0, 0.05) is 38.0 Å². The quantitative estimate of drug-likeness (QED) is 0.778. The zero-order valence-electron chi connectivity index (χ0n) is 17.5. The third kappa shape index (κ3) is 5.05. The highest BCUT2D eigenvalue weighted by atomic mass is 16.5. The number of nitrogens with one attached hydrogen (secondary N) is 1. The van der Waals surface area contributed by atoms with Crippen molar-refractivity contribution in [2.75, 3.05) is 31.1 Å². The molecule has 0 aromatic heterocycles. The molecule has 3 amide bonds. The fourth-order valence-corrected chi connectivity index (χ4v) is 3.99. The lowest BCUT2D eigenvalue weighted by Crippen LogP contribution is -2.38. The topological polar surface area (TPSA) is 79.0 Å². The summed E-state index contributed by atoms with van der Waals surface area (Å²) in [6.45, 7) is 2.87. The van der Waals surface area contributed by atoms with E-state index in [1.165, 1.54) is 0 Å². The van der Waals surface area contributed by atoms with Gasteiger partial charge in [0.2, 0.25) is 11.8 Å². The molecular weight excluding hydrogens is 394 g/mol. The van der Waals surface area contributed by atoms with E-state index in [2.05, 4.69) is 5.32 Å². The number of nitrogens with zero attached hydrogens (tertiary/aromatic N) is 2. The first kappa shape index (κ1) is 20.9. The lowest BCUT2D eigenvalue weighted by molar-refractivity contribution is -0.125. The predicted molar refractivity (Wildman–Crippen MR) is 117 cm³/mol. The number of amides is 3. The van der Waals surface area contributed by atoms with Crippen LogP contribution in [-0.2, 0) is 16.1 Å². The highest BCUT2D eigenvalue weighted by Gasteiger charge is 2.23. The van der Waals surface area contributed by atoms with Gasteiger partial charge in [0.1, 0.15) is 12.4 Å². The Kier molecular flexibility index (Phi) is 6.50. The number of carbonyl (C=O) groups excluding carboxylic acids is 3. The lowest BCUT2D eigenvalue weighted by Gasteiger charge is -2.29. The van der Waals surface area contributed by atoms with Gasteiger partial charge < -0.3 is 19.9 Å². The number of ether oxygens (including phenoxy) is 1. The maximum absolute atomic E-state index is 12.6. The zero-order chi connectivity index (χ0) is 21.6. The normalized spacial score (nSPS) is 15.2. The Morgan fingerprint density at radius 3 is 2.58 bits per heavy atom. The van der Waals surface area contributed by atoms with E-state index in [-0.39, 0.29) is 30.6 Å². The summed E-state index contributed by atoms with van der Waals surface area (Å²) in [6, 6.07) is 14.8. The van der Waals surface area contributed by atoms with E-state index in [1.807, 2.05) is 53.4 Å². The SMILES string of the molecule is O=C(CCC(=O)N1CCOc2ccccc21)NCc1cccc(C(=O)N2CCCC2)c1. The second kappa shape index (κ2) is 9.64. The molecule has 31 heavy (non-hydrogen) atoms. The van der Waals surface area contributed by atoms with Crippen LogP contribution in [0.3, 0.4) is 0 Å². The average molecular weight is 421 g/mol. The average Bonchev–Trinajstić information content (AvgIpc) is 3.35. The molecule has 162 valence electrons. The Hall–Kier alpha value is -3.35. The van der Waals surface area contributed by atoms with Gasteiger partial charge in [-0.3, -0.25) is 14.4 Å². The monoisotopic (exact) mass is 421 g/mol. The molecule has 0 aliphatic carbocycles. The van der Waals surface area contributed by atoms with Gasteiger partial charge in [-0.05, 0) is 42.7 Å². The Morgan fingerprint density at radius 2 is 1.74 bits per heavy atom. The van der Waals surface area contributed by atoms with Crippen LogP contribution in [0.5, 0.6) is 5.75 Å². The zero-order valence-corrected chi connectivity index (χ0v) is 17.5. The van der Waals surface area contributed by atoms with Crippen molar-refractivity contribution in [3.05, 3.63) is 59.7 Å². The summed E-state index contributed by atoms with van der Waals surface area (Å²) in [7, 11) is 0. The minimum atomic E-state index is -0.189. The molecule has 1 fully saturated rings. The van der Waals surface area contributed by atoms with Gasteiger partial charge in [-0.15, -0.1) is 0 Å². The van der Waals surface area contributed by atoms with Crippen molar-refractivity contribution in [2.45, 2.75) is 32.2 Å². The molecule has 0 bridgehead atoms. The number of rotatable bonds is 6. The number of hydrogen-bond acceptors (Lipinski definition) is 4. The molecule has 2 heterocycles. The number of hydrogen-bond donors (Lipinski definition) is 1. The predicted octanol–water partition coefficient (Wildman–Crippen LogP) is 2.74. The molecule has 1 N–H and O–H groups in total. The van der Waals surface area contributed by atoms with E-state index in [9.17, 15) is 14.4 Å². The molecular formula is C24H27N3O4. The molecule has 7 heteroatoms. The number of carbonyl (C=O) groups is 3. The lowest BCUT2D eigenvalue weighted by atomic mass is 10.1. The smallest absolute Gasteiger partial charge is 0.253 e. The highest BCUT2D eigenvalue weighted by molar-refractivity contribution is 5.97. The van der Waals surface area contributed by atoms with Crippen molar-refractivity contribution >= 4 is 23.4 Å². The molecule has 2 aromatic rings. The van der Waals surface area contributed by atoms with E-state index in [4.69, 9.17) is 4.74 Å². The van der Waals surface area contributed by atoms with Gasteiger partial charge in [-0.1, -0.05) is 24.3 Å². The molecule has 0 radical (unpaired) electrons. The van der Waals surface area contributed by atoms with Crippen LogP contribution in [0.4, 0.5) is 5.69 Å². The molecule has 0 unspecified atom stereocenters. The molecule has 2 aromatic carbocycles. The Balaban J connectivity index is 1.27. The molecule has 1 saturated heterocycles. The van der Waals surface area contributed by atoms with Crippen LogP contribution < -0.4 is 15.0 Å². The molecule has 0 atom stereocenters. The molecule has 2 aliphatic rings. The van der Waals surface area contributed by atoms with Gasteiger partial charge in [0.05, 0.1) is 12.2 Å². The van der Waals surface area contributed by atoms with E-state index in [0.717, 1.165) is 37.2 Å². The standard InChI is InChI=1S/C24H27N3O4/c28-22(10-11-23(29)27-14-15-31-21-9-2-1-8-20(21)27)25-17-18-6-5-7-19(16-18)24(30)26-12-3-4-13-26/h1-2,5-9,16H,3-4,10-15,17H2,(H,25,28). The van der Waals surface area contributed by atoms with Gasteiger partial charge in [0.15, 0.2) is 0 Å². The van der Waals surface area contributed by atoms with Gasteiger partial charge in [-0.25, -0.2) is 0 Å². The summed E-state index contributed by atoms with van der Waals surface area (Å²) in [5.74, 6) is 0.451. The maximum Gasteiger partial charge on any atom is 0.253 e. The summed E-state index contributed by atoms with van der Waals surface area (Å²) in [5.41, 5.74) is 2.26. The third-order valence-electron chi connectivity index (χ3n) is 5.65. The van der Waals surface area contributed by atoms with Crippen LogP contribution in [0.25, 0.3) is 0 Å². The van der Waals surface area contributed by atoms with Crippen LogP contribution in [0.15, 0.2) is 48.5 Å². The minimum absolute atomic E-state index is 0.0436. The Bertz CT molecular complexity index is 969. The van der Waals surface area contributed by atoms with E-state index >= 15 is 0 Å². The van der Waals surface area contributed by atoms with Crippen molar-refractivity contribution in [2.24, 2.45) is 0 Å². The first-order valence-corrected chi connectivity index (χ1v) is 10.8. The third-order valence-corrected chi connectivity index (χ3v) is 5.65. The van der Waals surface area contributed by atoms with Crippen molar-refractivity contribution in [1.82, 2.24) is 10.2 Å². The van der Waals surface area contributed by atoms with Crippen LogP contribution in [0.2, 0.25) is 0 Å². The minimum Gasteiger partial charge on any atom is -0.490 e. The Labute approximate surface area is 182 Å². The summed E-state index contributed by atoms with van der Waals surface area (Å²) in [6.07, 6.45) is 2.35. The van der Waals surface area contributed by atoms with Crippen molar-refractivity contribution < 1.29 is 19.1 Å². The molecule has 4 rings (SSSR count). The number of anilines is 1. The van der Waals surface area contributed by atoms with E-state index in [1.54, 1.807) is 4.90 Å². The van der Waals surface area contributed by atoms with Crippen molar-refractivity contribution in [3.63, 3.8) is 0 Å². The summed E-state index contributed by atoms with van der Waals surface area (Å²) < 4.78 is 5.58. The summed E-state index contributed by atoms with van der Waals surface area (Å²) >= 11 is 0. The van der Waals surface area contributed by atoms with Crippen LogP contribution >= 0.6 is 0 Å². The van der Waals surface area contributed by atoms with Crippen molar-refractivity contribution in [1.29, 1.82) is 0 Å². The molecule has 7 nitrogen and oxygen atoms in total. The highest BCUT2D eigenvalue weighted by Crippen LogP contribution is 2.31. The van der Waals surface area contributed by atoms with Crippen LogP contribution in [0.1, 0.15) is 41.6 Å². The maximum atomic E-state index is 12.6. The molecule has 2 aliphatic heterocycles. The van der Waals surface area contributed by atoms with Crippen LogP contribution in [-0.4, -0.2) is 48.9 Å². The van der Waals surface area contributed by atoms with E-state index in [0.29, 0.717) is 31.0 Å². The number of fused-ring (bicyclic) bond motifs is 1. The first-order chi connectivity index (χ1) is 15.1. The second-order valence-electron chi connectivity index (χ2n) is 7.84. The number of para-hydroxylation sites is 2. The van der Waals surface area contributed by atoms with Crippen molar-refractivity contribution in [3.8, 4) is 5.75 Å². The first-order valence-electron chi connectivity index (χ1n) is 10.8. The van der Waals surface area contributed by atoms with E-state index < -0.39 is 0 Å². The Morgan fingerprint density at radius 1 is 0.935 bits per heavy atom. The van der Waals surface area contributed by atoms with Crippen LogP contribution in [0, 0.1) is 0 Å².